The van der Waals surface area contributed by atoms with Crippen molar-refractivity contribution in [1.82, 2.24) is 4.48 Å². The Labute approximate surface area is 167 Å². The Hall–Kier alpha value is -3.17. The highest BCUT2D eigenvalue weighted by Crippen LogP contribution is 2.22. The van der Waals surface area contributed by atoms with Gasteiger partial charge in [-0.1, -0.05) is 48.5 Å². The molecule has 142 valence electrons. The molecule has 0 aliphatic carbocycles. The average Bonchev–Trinajstić information content (AvgIpc) is 2.71. The monoisotopic (exact) mass is 372 g/mol. The number of nitrogens with zero attached hydrogens (tertiary/aromatic N) is 1. The Morgan fingerprint density at radius 3 is 2.18 bits per heavy atom. The highest BCUT2D eigenvalue weighted by atomic mass is 16.5. The Kier molecular flexibility index (Phi) is 6.07. The number of carbonyl (C=O) groups is 1. The second-order valence-corrected chi connectivity index (χ2v) is 7.57. The average molecular weight is 372 g/mol. The lowest BCUT2D eigenvalue weighted by molar-refractivity contribution is 0.104. The van der Waals surface area contributed by atoms with Crippen molar-refractivity contribution in [3.63, 3.8) is 0 Å². The van der Waals surface area contributed by atoms with Gasteiger partial charge in [0.25, 0.3) is 0 Å². The summed E-state index contributed by atoms with van der Waals surface area (Å²) in [6.07, 6.45) is 3.45. The maximum absolute atomic E-state index is 12.7. The molecule has 3 nitrogen and oxygen atoms in total. The van der Waals surface area contributed by atoms with Crippen LogP contribution in [0.1, 0.15) is 21.5 Å². The van der Waals surface area contributed by atoms with Gasteiger partial charge in [0.2, 0.25) is 0 Å². The molecule has 0 aromatic heterocycles. The van der Waals surface area contributed by atoms with E-state index in [0.29, 0.717) is 17.9 Å². The summed E-state index contributed by atoms with van der Waals surface area (Å²) in [5.74, 6) is 0.528. The van der Waals surface area contributed by atoms with Crippen molar-refractivity contribution in [1.29, 1.82) is 0 Å². The zero-order chi connectivity index (χ0) is 20.0. The normalized spacial score (nSPS) is 11.5. The molecule has 0 unspecified atom stereocenters. The molecule has 0 aliphatic rings. The molecular weight excluding hydrogens is 346 g/mol. The lowest BCUT2D eigenvalue weighted by atomic mass is 10.1. The minimum absolute atomic E-state index is 0.0701. The number of para-hydroxylation sites is 1. The molecule has 3 aromatic rings. The van der Waals surface area contributed by atoms with Crippen LogP contribution in [-0.2, 0) is 6.61 Å². The van der Waals surface area contributed by atoms with Crippen LogP contribution in [0.2, 0.25) is 0 Å². The van der Waals surface area contributed by atoms with E-state index in [9.17, 15) is 4.79 Å². The Morgan fingerprint density at radius 2 is 1.50 bits per heavy atom. The quantitative estimate of drug-likeness (QED) is 0.317. The van der Waals surface area contributed by atoms with Crippen LogP contribution >= 0.6 is 0 Å². The number of ether oxygens (including phenoxy) is 1. The molecule has 0 atom stereocenters. The summed E-state index contributed by atoms with van der Waals surface area (Å²) in [4.78, 5) is 12.7. The van der Waals surface area contributed by atoms with Crippen LogP contribution in [-0.4, -0.2) is 26.9 Å². The highest BCUT2D eigenvalue weighted by Gasteiger charge is 2.12. The maximum Gasteiger partial charge on any atom is 0.189 e. The molecule has 0 bridgehead atoms. The van der Waals surface area contributed by atoms with E-state index in [1.54, 1.807) is 12.1 Å². The molecule has 3 aromatic carbocycles. The summed E-state index contributed by atoms with van der Waals surface area (Å²) in [6, 6.07) is 25.5. The van der Waals surface area contributed by atoms with Crippen molar-refractivity contribution in [3.8, 4) is 5.75 Å². The van der Waals surface area contributed by atoms with E-state index in [2.05, 4.69) is 33.3 Å². The highest BCUT2D eigenvalue weighted by molar-refractivity contribution is 6.08. The van der Waals surface area contributed by atoms with Gasteiger partial charge in [-0.3, -0.25) is 9.28 Å². The van der Waals surface area contributed by atoms with E-state index < -0.39 is 0 Å². The summed E-state index contributed by atoms with van der Waals surface area (Å²) in [5, 5.41) is 0. The van der Waals surface area contributed by atoms with Crippen LogP contribution in [0.4, 0.5) is 5.69 Å². The third kappa shape index (κ3) is 5.18. The minimum atomic E-state index is -0.0701. The van der Waals surface area contributed by atoms with E-state index in [0.717, 1.165) is 15.6 Å². The van der Waals surface area contributed by atoms with E-state index in [-0.39, 0.29) is 5.78 Å². The molecule has 0 fully saturated rings. The molecule has 0 heterocycles. The molecule has 0 N–H and O–H groups in total. The molecule has 0 aliphatic heterocycles. The molecule has 3 rings (SSSR count). The lowest BCUT2D eigenvalue weighted by Crippen LogP contribution is -2.34. The van der Waals surface area contributed by atoms with E-state index in [4.69, 9.17) is 4.74 Å². The molecule has 3 heteroatoms. The van der Waals surface area contributed by atoms with E-state index in [1.807, 2.05) is 66.7 Å². The molecule has 0 amide bonds. The Morgan fingerprint density at radius 1 is 0.857 bits per heavy atom. The van der Waals surface area contributed by atoms with Crippen molar-refractivity contribution in [2.45, 2.75) is 6.61 Å². The number of hydrogen-bond donors (Lipinski definition) is 0. The third-order valence-corrected chi connectivity index (χ3v) is 4.48. The number of hydrogen-bond acceptors (Lipinski definition) is 2. The molecule has 0 saturated carbocycles. The van der Waals surface area contributed by atoms with Crippen molar-refractivity contribution >= 4 is 17.5 Å². The van der Waals surface area contributed by atoms with E-state index >= 15 is 0 Å². The first kappa shape index (κ1) is 19.6. The summed E-state index contributed by atoms with van der Waals surface area (Å²) in [5.41, 5.74) is 3.84. The topological polar surface area (TPSA) is 26.3 Å². The minimum Gasteiger partial charge on any atom is -0.488 e. The maximum atomic E-state index is 12.7. The van der Waals surface area contributed by atoms with Gasteiger partial charge in [-0.2, -0.15) is 0 Å². The van der Waals surface area contributed by atoms with Crippen LogP contribution in [0.15, 0.2) is 84.9 Å². The molecular formula is C25H26NO2+. The first-order chi connectivity index (χ1) is 13.4. The van der Waals surface area contributed by atoms with Crippen molar-refractivity contribution < 1.29 is 9.53 Å². The molecule has 0 spiro atoms. The van der Waals surface area contributed by atoms with Crippen molar-refractivity contribution in [3.05, 3.63) is 102 Å². The van der Waals surface area contributed by atoms with Crippen LogP contribution in [0, 0.1) is 0 Å². The van der Waals surface area contributed by atoms with Gasteiger partial charge < -0.3 is 4.74 Å². The van der Waals surface area contributed by atoms with Crippen LogP contribution in [0.25, 0.3) is 6.08 Å². The predicted octanol–water partition coefficient (Wildman–Crippen LogP) is 5.36. The second kappa shape index (κ2) is 8.68. The molecule has 0 saturated heterocycles. The second-order valence-electron chi connectivity index (χ2n) is 7.57. The van der Waals surface area contributed by atoms with Crippen LogP contribution in [0.5, 0.6) is 5.75 Å². The first-order valence-electron chi connectivity index (χ1n) is 9.34. The van der Waals surface area contributed by atoms with Gasteiger partial charge in [0.15, 0.2) is 5.78 Å². The fourth-order valence-corrected chi connectivity index (χ4v) is 2.83. The van der Waals surface area contributed by atoms with Crippen molar-refractivity contribution in [2.75, 3.05) is 21.1 Å². The SMILES string of the molecule is C[N+](C)(C)c1ccc(/C=C/C(=O)c2ccccc2OCc2ccccc2)cc1. The van der Waals surface area contributed by atoms with Gasteiger partial charge in [0.05, 0.1) is 26.7 Å². The third-order valence-electron chi connectivity index (χ3n) is 4.48. The van der Waals surface area contributed by atoms with Gasteiger partial charge in [-0.15, -0.1) is 0 Å². The zero-order valence-electron chi connectivity index (χ0n) is 16.6. The first-order valence-corrected chi connectivity index (χ1v) is 9.34. The zero-order valence-corrected chi connectivity index (χ0v) is 16.6. The number of rotatable bonds is 7. The van der Waals surface area contributed by atoms with Gasteiger partial charge in [0.1, 0.15) is 18.0 Å². The summed E-state index contributed by atoms with van der Waals surface area (Å²) >= 11 is 0. The van der Waals surface area contributed by atoms with Gasteiger partial charge in [-0.25, -0.2) is 0 Å². The fourth-order valence-electron chi connectivity index (χ4n) is 2.83. The summed E-state index contributed by atoms with van der Waals surface area (Å²) in [7, 11) is 6.38. The number of carbonyl (C=O) groups excluding carboxylic acids is 1. The Bertz CT molecular complexity index is 952. The van der Waals surface area contributed by atoms with Gasteiger partial charge in [0, 0.05) is 0 Å². The lowest BCUT2D eigenvalue weighted by Gasteiger charge is -2.23. The van der Waals surface area contributed by atoms with Gasteiger partial charge in [-0.05, 0) is 53.6 Å². The molecule has 28 heavy (non-hydrogen) atoms. The predicted molar refractivity (Wildman–Crippen MR) is 117 cm³/mol. The number of benzene rings is 3. The number of quaternary nitrogens is 1. The standard InChI is InChI=1S/C25H26NO2/c1-26(2,3)22-16-13-20(14-17-22)15-18-24(27)23-11-7-8-12-25(23)28-19-21-9-5-4-6-10-21/h4-18H,19H2,1-3H3/q+1/b18-15+. The summed E-state index contributed by atoms with van der Waals surface area (Å²) in [6.45, 7) is 0.432. The van der Waals surface area contributed by atoms with E-state index in [1.165, 1.54) is 5.69 Å². The Balaban J connectivity index is 1.71. The van der Waals surface area contributed by atoms with Crippen LogP contribution < -0.4 is 9.22 Å². The van der Waals surface area contributed by atoms with Crippen molar-refractivity contribution in [2.24, 2.45) is 0 Å². The largest absolute Gasteiger partial charge is 0.488 e. The fraction of sp³-hybridized carbons (Fsp3) is 0.160. The number of allylic oxidation sites excluding steroid dienone is 1. The summed E-state index contributed by atoms with van der Waals surface area (Å²) < 4.78 is 6.65. The molecule has 0 radical (unpaired) electrons. The van der Waals surface area contributed by atoms with Crippen LogP contribution in [0.3, 0.4) is 0 Å². The smallest absolute Gasteiger partial charge is 0.189 e. The number of ketones is 1. The van der Waals surface area contributed by atoms with Gasteiger partial charge >= 0.3 is 0 Å².